The number of hydrogen-bond acceptors (Lipinski definition) is 3. The molecule has 5 nitrogen and oxygen atoms in total. The van der Waals surface area contributed by atoms with Crippen LogP contribution in [0.15, 0.2) is 24.3 Å². The highest BCUT2D eigenvalue weighted by atomic mass is 16.5. The zero-order valence-corrected chi connectivity index (χ0v) is 15.3. The number of urea groups is 1. The summed E-state index contributed by atoms with van der Waals surface area (Å²) in [6.45, 7) is 12.0. The first-order valence-electron chi connectivity index (χ1n) is 9.06. The zero-order chi connectivity index (χ0) is 17.4. The molecule has 1 aliphatic rings. The van der Waals surface area contributed by atoms with Gasteiger partial charge in [0.25, 0.3) is 0 Å². The number of carbonyl (C=O) groups excluding carboxylic acids is 1. The molecule has 5 heteroatoms. The minimum atomic E-state index is 0.0741. The molecule has 0 bridgehead atoms. The predicted molar refractivity (Wildman–Crippen MR) is 97.3 cm³/mol. The van der Waals surface area contributed by atoms with Gasteiger partial charge < -0.3 is 15.0 Å². The molecule has 2 rings (SSSR count). The molecule has 1 heterocycles. The molecule has 2 amide bonds. The van der Waals surface area contributed by atoms with Crippen molar-refractivity contribution in [3.8, 4) is 5.75 Å². The van der Waals surface area contributed by atoms with Crippen LogP contribution in [0.4, 0.5) is 4.79 Å². The Morgan fingerprint density at radius 1 is 1.21 bits per heavy atom. The summed E-state index contributed by atoms with van der Waals surface area (Å²) < 4.78 is 5.70. The summed E-state index contributed by atoms with van der Waals surface area (Å²) in [6, 6.07) is 8.28. The molecule has 24 heavy (non-hydrogen) atoms. The maximum atomic E-state index is 12.2. The van der Waals surface area contributed by atoms with Crippen molar-refractivity contribution in [3.63, 3.8) is 0 Å². The Hall–Kier alpha value is -1.75. The molecule has 1 aromatic rings. The number of hydrogen-bond donors (Lipinski definition) is 1. The van der Waals surface area contributed by atoms with Crippen LogP contribution in [0.25, 0.3) is 0 Å². The molecular formula is C19H31N3O2. The SMILES string of the molecule is CCOc1ccccc1CN1CCN(C(=O)NCCC(C)C)CC1. The quantitative estimate of drug-likeness (QED) is 0.834. The first-order chi connectivity index (χ1) is 11.6. The standard InChI is InChI=1S/C19H31N3O2/c1-4-24-18-8-6-5-7-17(18)15-21-11-13-22(14-12-21)19(23)20-10-9-16(2)3/h5-8,16H,4,9-15H2,1-3H3,(H,20,23). The number of nitrogens with zero attached hydrogens (tertiary/aromatic N) is 2. The van der Waals surface area contributed by atoms with E-state index in [1.165, 1.54) is 5.56 Å². The Bertz CT molecular complexity index is 511. The van der Waals surface area contributed by atoms with E-state index >= 15 is 0 Å². The number of nitrogens with one attached hydrogen (secondary N) is 1. The van der Waals surface area contributed by atoms with E-state index < -0.39 is 0 Å². The van der Waals surface area contributed by atoms with Crippen LogP contribution in [-0.2, 0) is 6.54 Å². The number of piperazine rings is 1. The molecule has 0 aromatic heterocycles. The Morgan fingerprint density at radius 2 is 1.92 bits per heavy atom. The summed E-state index contributed by atoms with van der Waals surface area (Å²) >= 11 is 0. The van der Waals surface area contributed by atoms with E-state index in [0.29, 0.717) is 12.5 Å². The van der Waals surface area contributed by atoms with Gasteiger partial charge in [-0.3, -0.25) is 4.90 Å². The molecule has 0 radical (unpaired) electrons. The number of carbonyl (C=O) groups is 1. The highest BCUT2D eigenvalue weighted by molar-refractivity contribution is 5.74. The molecule has 1 aromatic carbocycles. The van der Waals surface area contributed by atoms with Gasteiger partial charge in [0.1, 0.15) is 5.75 Å². The molecule has 1 fully saturated rings. The second-order valence-electron chi connectivity index (χ2n) is 6.72. The van der Waals surface area contributed by atoms with Gasteiger partial charge in [-0.25, -0.2) is 4.79 Å². The van der Waals surface area contributed by atoms with Gasteiger partial charge in [0.15, 0.2) is 0 Å². The van der Waals surface area contributed by atoms with Crippen LogP contribution in [0.3, 0.4) is 0 Å². The summed E-state index contributed by atoms with van der Waals surface area (Å²) in [7, 11) is 0. The molecule has 134 valence electrons. The fraction of sp³-hybridized carbons (Fsp3) is 0.632. The van der Waals surface area contributed by atoms with Gasteiger partial charge >= 0.3 is 6.03 Å². The fourth-order valence-electron chi connectivity index (χ4n) is 2.86. The summed E-state index contributed by atoms with van der Waals surface area (Å²) in [5, 5.41) is 3.02. The lowest BCUT2D eigenvalue weighted by molar-refractivity contribution is 0.134. The van der Waals surface area contributed by atoms with Crippen molar-refractivity contribution in [2.75, 3.05) is 39.3 Å². The Labute approximate surface area is 146 Å². The van der Waals surface area contributed by atoms with Crippen LogP contribution in [0.5, 0.6) is 5.75 Å². The van der Waals surface area contributed by atoms with Crippen LogP contribution in [-0.4, -0.2) is 55.2 Å². The minimum absolute atomic E-state index is 0.0741. The molecule has 0 atom stereocenters. The van der Waals surface area contributed by atoms with E-state index in [2.05, 4.69) is 36.2 Å². The second kappa shape index (κ2) is 9.52. The average Bonchev–Trinajstić information content (AvgIpc) is 2.57. The van der Waals surface area contributed by atoms with Crippen molar-refractivity contribution in [1.82, 2.24) is 15.1 Å². The molecule has 0 aliphatic carbocycles. The van der Waals surface area contributed by atoms with Gasteiger partial charge in [0.05, 0.1) is 6.61 Å². The summed E-state index contributed by atoms with van der Waals surface area (Å²) in [5.41, 5.74) is 1.22. The monoisotopic (exact) mass is 333 g/mol. The molecule has 1 aliphatic heterocycles. The van der Waals surface area contributed by atoms with Crippen molar-refractivity contribution >= 4 is 6.03 Å². The molecule has 0 spiro atoms. The van der Waals surface area contributed by atoms with Crippen LogP contribution in [0.1, 0.15) is 32.8 Å². The number of rotatable bonds is 7. The second-order valence-corrected chi connectivity index (χ2v) is 6.72. The lowest BCUT2D eigenvalue weighted by atomic mass is 10.1. The van der Waals surface area contributed by atoms with Gasteiger partial charge in [-0.05, 0) is 25.3 Å². The third kappa shape index (κ3) is 5.71. The fourth-order valence-corrected chi connectivity index (χ4v) is 2.86. The Morgan fingerprint density at radius 3 is 2.58 bits per heavy atom. The van der Waals surface area contributed by atoms with E-state index in [4.69, 9.17) is 4.74 Å². The van der Waals surface area contributed by atoms with Crippen LogP contribution < -0.4 is 10.1 Å². The largest absolute Gasteiger partial charge is 0.494 e. The van der Waals surface area contributed by atoms with E-state index in [0.717, 1.165) is 51.4 Å². The van der Waals surface area contributed by atoms with Crippen molar-refractivity contribution in [1.29, 1.82) is 0 Å². The van der Waals surface area contributed by atoms with Gasteiger partial charge in [-0.1, -0.05) is 32.0 Å². The number of para-hydroxylation sites is 1. The maximum Gasteiger partial charge on any atom is 0.317 e. The van der Waals surface area contributed by atoms with E-state index in [1.807, 2.05) is 24.0 Å². The van der Waals surface area contributed by atoms with Crippen molar-refractivity contribution in [2.45, 2.75) is 33.7 Å². The Balaban J connectivity index is 1.77. The van der Waals surface area contributed by atoms with E-state index in [1.54, 1.807) is 0 Å². The van der Waals surface area contributed by atoms with Crippen molar-refractivity contribution < 1.29 is 9.53 Å². The molecule has 0 saturated carbocycles. The van der Waals surface area contributed by atoms with Gasteiger partial charge in [-0.2, -0.15) is 0 Å². The number of ether oxygens (including phenoxy) is 1. The lowest BCUT2D eigenvalue weighted by Gasteiger charge is -2.35. The smallest absolute Gasteiger partial charge is 0.317 e. The number of amides is 2. The van der Waals surface area contributed by atoms with Crippen LogP contribution in [0.2, 0.25) is 0 Å². The van der Waals surface area contributed by atoms with E-state index in [-0.39, 0.29) is 6.03 Å². The normalized spacial score (nSPS) is 15.6. The first-order valence-corrected chi connectivity index (χ1v) is 9.06. The highest BCUT2D eigenvalue weighted by Crippen LogP contribution is 2.20. The molecular weight excluding hydrogens is 302 g/mol. The molecule has 1 saturated heterocycles. The predicted octanol–water partition coefficient (Wildman–Crippen LogP) is 2.96. The lowest BCUT2D eigenvalue weighted by Crippen LogP contribution is -2.51. The maximum absolute atomic E-state index is 12.2. The van der Waals surface area contributed by atoms with Crippen molar-refractivity contribution in [2.24, 2.45) is 5.92 Å². The third-order valence-electron chi connectivity index (χ3n) is 4.32. The minimum Gasteiger partial charge on any atom is -0.494 e. The summed E-state index contributed by atoms with van der Waals surface area (Å²) in [5.74, 6) is 1.58. The molecule has 1 N–H and O–H groups in total. The first kappa shape index (κ1) is 18.6. The average molecular weight is 333 g/mol. The number of benzene rings is 1. The van der Waals surface area contributed by atoms with Gasteiger partial charge in [0, 0.05) is 44.8 Å². The topological polar surface area (TPSA) is 44.8 Å². The zero-order valence-electron chi connectivity index (χ0n) is 15.3. The highest BCUT2D eigenvalue weighted by Gasteiger charge is 2.21. The summed E-state index contributed by atoms with van der Waals surface area (Å²) in [6.07, 6.45) is 1.03. The third-order valence-corrected chi connectivity index (χ3v) is 4.32. The van der Waals surface area contributed by atoms with E-state index in [9.17, 15) is 4.79 Å². The Kier molecular flexibility index (Phi) is 7.37. The van der Waals surface area contributed by atoms with Crippen LogP contribution >= 0.6 is 0 Å². The van der Waals surface area contributed by atoms with Gasteiger partial charge in [-0.15, -0.1) is 0 Å². The summed E-state index contributed by atoms with van der Waals surface area (Å²) in [4.78, 5) is 16.5. The van der Waals surface area contributed by atoms with Crippen molar-refractivity contribution in [3.05, 3.63) is 29.8 Å². The van der Waals surface area contributed by atoms with Crippen LogP contribution in [0, 0.1) is 5.92 Å². The van der Waals surface area contributed by atoms with Gasteiger partial charge in [0.2, 0.25) is 0 Å². The molecule has 0 unspecified atom stereocenters.